The number of carbonyl (C=O) groups excluding carboxylic acids is 1. The van der Waals surface area contributed by atoms with Gasteiger partial charge in [-0.25, -0.2) is 9.97 Å². The van der Waals surface area contributed by atoms with E-state index >= 15 is 0 Å². The fourth-order valence-corrected chi connectivity index (χ4v) is 2.87. The van der Waals surface area contributed by atoms with Crippen molar-refractivity contribution in [3.8, 4) is 11.4 Å². The number of anilines is 1. The number of halogens is 1. The third-order valence-corrected chi connectivity index (χ3v) is 4.27. The molecule has 0 spiro atoms. The molecule has 23 heavy (non-hydrogen) atoms. The minimum atomic E-state index is 0.335. The van der Waals surface area contributed by atoms with E-state index in [1.807, 2.05) is 24.3 Å². The van der Waals surface area contributed by atoms with E-state index in [9.17, 15) is 4.79 Å². The van der Waals surface area contributed by atoms with Crippen LogP contribution in [0.1, 0.15) is 31.9 Å². The second kappa shape index (κ2) is 7.09. The van der Waals surface area contributed by atoms with Crippen LogP contribution in [0.4, 0.5) is 5.82 Å². The minimum Gasteiger partial charge on any atom is -0.356 e. The van der Waals surface area contributed by atoms with Crippen molar-refractivity contribution in [1.82, 2.24) is 9.97 Å². The number of Topliss-reactive ketones (excluding diaryl/α,β-unsaturated/α-hetero) is 1. The summed E-state index contributed by atoms with van der Waals surface area (Å²) < 4.78 is 0. The maximum Gasteiger partial charge on any atom is 0.161 e. The summed E-state index contributed by atoms with van der Waals surface area (Å²) in [5, 5.41) is 0.702. The van der Waals surface area contributed by atoms with Gasteiger partial charge in [-0.05, 0) is 30.7 Å². The van der Waals surface area contributed by atoms with Crippen LogP contribution in [-0.2, 0) is 11.2 Å². The van der Waals surface area contributed by atoms with Crippen molar-refractivity contribution in [2.24, 2.45) is 0 Å². The first kappa shape index (κ1) is 15.9. The van der Waals surface area contributed by atoms with Gasteiger partial charge < -0.3 is 4.90 Å². The van der Waals surface area contributed by atoms with Crippen LogP contribution in [-0.4, -0.2) is 28.8 Å². The van der Waals surface area contributed by atoms with Crippen LogP contribution in [0, 0.1) is 0 Å². The highest BCUT2D eigenvalue weighted by molar-refractivity contribution is 6.30. The molecule has 0 atom stereocenters. The van der Waals surface area contributed by atoms with E-state index in [0.29, 0.717) is 23.6 Å². The summed E-state index contributed by atoms with van der Waals surface area (Å²) in [5.74, 6) is 1.97. The zero-order chi connectivity index (χ0) is 16.2. The minimum absolute atomic E-state index is 0.335. The fourth-order valence-electron chi connectivity index (χ4n) is 2.74. The maximum absolute atomic E-state index is 11.5. The van der Waals surface area contributed by atoms with Gasteiger partial charge in [0.25, 0.3) is 0 Å². The lowest BCUT2D eigenvalue weighted by Crippen LogP contribution is -2.34. The van der Waals surface area contributed by atoms with Crippen molar-refractivity contribution in [1.29, 1.82) is 0 Å². The molecule has 0 radical (unpaired) electrons. The number of hydrogen-bond acceptors (Lipinski definition) is 4. The molecule has 4 nitrogen and oxygen atoms in total. The normalized spacial score (nSPS) is 15.0. The molecule has 1 fully saturated rings. The Morgan fingerprint density at radius 3 is 2.48 bits per heavy atom. The molecule has 0 bridgehead atoms. The smallest absolute Gasteiger partial charge is 0.161 e. The van der Waals surface area contributed by atoms with E-state index in [4.69, 9.17) is 16.6 Å². The molecular weight excluding hydrogens is 310 g/mol. The number of ketones is 1. The Morgan fingerprint density at radius 1 is 1.13 bits per heavy atom. The lowest BCUT2D eigenvalue weighted by Gasteiger charge is -2.27. The molecule has 0 saturated carbocycles. The van der Waals surface area contributed by atoms with Gasteiger partial charge in [-0.3, -0.25) is 4.79 Å². The van der Waals surface area contributed by atoms with Gasteiger partial charge in [-0.2, -0.15) is 0 Å². The first-order valence-corrected chi connectivity index (χ1v) is 8.44. The Hall–Kier alpha value is -1.94. The van der Waals surface area contributed by atoms with Crippen molar-refractivity contribution in [2.45, 2.75) is 32.6 Å². The topological polar surface area (TPSA) is 46.1 Å². The highest BCUT2D eigenvalue weighted by Gasteiger charge is 2.19. The molecule has 1 saturated heterocycles. The van der Waals surface area contributed by atoms with Crippen molar-refractivity contribution >= 4 is 23.2 Å². The average molecular weight is 330 g/mol. The van der Waals surface area contributed by atoms with Gasteiger partial charge in [0.05, 0.1) is 0 Å². The van der Waals surface area contributed by atoms with E-state index < -0.39 is 0 Å². The van der Waals surface area contributed by atoms with Crippen molar-refractivity contribution < 1.29 is 4.79 Å². The van der Waals surface area contributed by atoms with E-state index in [-0.39, 0.29) is 0 Å². The first-order chi connectivity index (χ1) is 11.2. The van der Waals surface area contributed by atoms with E-state index in [1.165, 1.54) is 0 Å². The molecule has 1 aromatic heterocycles. The highest BCUT2D eigenvalue weighted by Crippen LogP contribution is 2.24. The van der Waals surface area contributed by atoms with Crippen LogP contribution in [0.5, 0.6) is 0 Å². The first-order valence-electron chi connectivity index (χ1n) is 8.06. The van der Waals surface area contributed by atoms with Gasteiger partial charge in [0.1, 0.15) is 11.6 Å². The van der Waals surface area contributed by atoms with Crippen LogP contribution in [0.2, 0.25) is 5.02 Å². The summed E-state index contributed by atoms with van der Waals surface area (Å²) in [7, 11) is 0. The monoisotopic (exact) mass is 329 g/mol. The highest BCUT2D eigenvalue weighted by atomic mass is 35.5. The Labute approximate surface area is 141 Å². The predicted octanol–water partition coefficient (Wildman–Crippen LogP) is 3.92. The zero-order valence-electron chi connectivity index (χ0n) is 13.3. The molecule has 0 unspecified atom stereocenters. The van der Waals surface area contributed by atoms with Gasteiger partial charge in [0, 0.05) is 48.3 Å². The molecule has 1 aliphatic heterocycles. The standard InChI is InChI=1S/C18H20ClN3O/c1-2-3-15-12-17(22-10-8-16(23)9-11-22)21-18(20-15)13-4-6-14(19)7-5-13/h4-7,12H,2-3,8-11H2,1H3. The Balaban J connectivity index is 1.95. The summed E-state index contributed by atoms with van der Waals surface area (Å²) in [5.41, 5.74) is 2.00. The molecule has 3 rings (SSSR count). The lowest BCUT2D eigenvalue weighted by atomic mass is 10.1. The van der Waals surface area contributed by atoms with Crippen molar-refractivity contribution in [2.75, 3.05) is 18.0 Å². The number of aromatic nitrogens is 2. The lowest BCUT2D eigenvalue weighted by molar-refractivity contribution is -0.119. The molecule has 2 aromatic rings. The Morgan fingerprint density at radius 2 is 1.83 bits per heavy atom. The Bertz CT molecular complexity index is 690. The third-order valence-electron chi connectivity index (χ3n) is 4.02. The van der Waals surface area contributed by atoms with Gasteiger partial charge in [0.2, 0.25) is 0 Å². The second-order valence-corrected chi connectivity index (χ2v) is 6.26. The SMILES string of the molecule is CCCc1cc(N2CCC(=O)CC2)nc(-c2ccc(Cl)cc2)n1. The van der Waals surface area contributed by atoms with E-state index in [0.717, 1.165) is 48.8 Å². The third kappa shape index (κ3) is 3.88. The molecule has 120 valence electrons. The molecule has 1 aromatic carbocycles. The number of piperidine rings is 1. The predicted molar refractivity (Wildman–Crippen MR) is 92.9 cm³/mol. The molecule has 5 heteroatoms. The molecular formula is C18H20ClN3O. The summed E-state index contributed by atoms with van der Waals surface area (Å²) in [6.07, 6.45) is 3.16. The zero-order valence-corrected chi connectivity index (χ0v) is 14.0. The summed E-state index contributed by atoms with van der Waals surface area (Å²) >= 11 is 5.97. The van der Waals surface area contributed by atoms with Crippen LogP contribution in [0.3, 0.4) is 0 Å². The number of rotatable bonds is 4. The molecule has 1 aliphatic rings. The molecule has 0 amide bonds. The van der Waals surface area contributed by atoms with Crippen molar-refractivity contribution in [3.05, 3.63) is 41.0 Å². The van der Waals surface area contributed by atoms with Gasteiger partial charge >= 0.3 is 0 Å². The largest absolute Gasteiger partial charge is 0.356 e. The number of hydrogen-bond donors (Lipinski definition) is 0. The average Bonchev–Trinajstić information content (AvgIpc) is 2.56. The van der Waals surface area contributed by atoms with Crippen LogP contribution in [0.25, 0.3) is 11.4 Å². The quantitative estimate of drug-likeness (QED) is 0.853. The van der Waals surface area contributed by atoms with Crippen molar-refractivity contribution in [3.63, 3.8) is 0 Å². The second-order valence-electron chi connectivity index (χ2n) is 5.82. The maximum atomic E-state index is 11.5. The summed E-state index contributed by atoms with van der Waals surface area (Å²) in [4.78, 5) is 23.0. The van der Waals surface area contributed by atoms with Crippen LogP contribution >= 0.6 is 11.6 Å². The van der Waals surface area contributed by atoms with Gasteiger partial charge in [0.15, 0.2) is 5.82 Å². The van der Waals surface area contributed by atoms with Gasteiger partial charge in [-0.1, -0.05) is 24.9 Å². The number of benzene rings is 1. The van der Waals surface area contributed by atoms with Crippen LogP contribution < -0.4 is 4.90 Å². The number of carbonyl (C=O) groups is 1. The molecule has 0 N–H and O–H groups in total. The number of nitrogens with zero attached hydrogens (tertiary/aromatic N) is 3. The summed E-state index contributed by atoms with van der Waals surface area (Å²) in [6, 6.07) is 9.64. The molecule has 0 aliphatic carbocycles. The van der Waals surface area contributed by atoms with E-state index in [1.54, 1.807) is 0 Å². The van der Waals surface area contributed by atoms with Gasteiger partial charge in [-0.15, -0.1) is 0 Å². The summed E-state index contributed by atoms with van der Waals surface area (Å²) in [6.45, 7) is 3.62. The number of aryl methyl sites for hydroxylation is 1. The Kier molecular flexibility index (Phi) is 4.91. The fraction of sp³-hybridized carbons (Fsp3) is 0.389. The molecule has 2 heterocycles. The van der Waals surface area contributed by atoms with E-state index in [2.05, 4.69) is 22.9 Å². The van der Waals surface area contributed by atoms with Crippen LogP contribution in [0.15, 0.2) is 30.3 Å².